The molecule has 3 atom stereocenters. The summed E-state index contributed by atoms with van der Waals surface area (Å²) in [6, 6.07) is 4.81. The number of hydrogen-bond acceptors (Lipinski definition) is 6. The highest BCUT2D eigenvalue weighted by Crippen LogP contribution is 2.28. The number of carbonyl (C=O) groups excluding carboxylic acids is 3. The lowest BCUT2D eigenvalue weighted by Gasteiger charge is -2.31. The summed E-state index contributed by atoms with van der Waals surface area (Å²) in [5, 5.41) is 12.4. The van der Waals surface area contributed by atoms with Crippen LogP contribution in [0.5, 0.6) is 5.75 Å². The summed E-state index contributed by atoms with van der Waals surface area (Å²) in [6.07, 6.45) is 0.625. The molecule has 3 aliphatic rings. The molecule has 1 aromatic rings. The SMILES string of the molecule is C.O=C1CO[C@@H]2CCN(C(=O)[C@H](Cc3ccc(O)cc3)NC(=O)N3CCOCC3)[C@H]12.S.S. The van der Waals surface area contributed by atoms with Gasteiger partial charge in [-0.2, -0.15) is 27.0 Å². The fourth-order valence-electron chi connectivity index (χ4n) is 4.12. The highest BCUT2D eigenvalue weighted by Gasteiger charge is 2.48. The number of rotatable bonds is 4. The molecule has 11 heteroatoms. The average molecular weight is 488 g/mol. The van der Waals surface area contributed by atoms with E-state index in [9.17, 15) is 19.5 Å². The molecule has 3 heterocycles. The average Bonchev–Trinajstić information content (AvgIpc) is 3.32. The number of nitrogens with one attached hydrogen (secondary N) is 1. The molecule has 3 saturated heterocycles. The molecule has 9 nitrogen and oxygen atoms in total. The van der Waals surface area contributed by atoms with Gasteiger partial charge in [0.05, 0.1) is 19.3 Å². The highest BCUT2D eigenvalue weighted by molar-refractivity contribution is 7.59. The summed E-state index contributed by atoms with van der Waals surface area (Å²) in [5.41, 5.74) is 0.799. The van der Waals surface area contributed by atoms with Crippen LogP contribution < -0.4 is 5.32 Å². The predicted molar refractivity (Wildman–Crippen MR) is 129 cm³/mol. The standard InChI is InChI=1S/C20H25N3O6.CH4.2H2S/c24-14-3-1-13(2-4-14)11-15(21-20(27)22-7-9-28-10-8-22)19(26)23-6-5-17-18(23)16(25)12-29-17;;;/h1-4,15,17-18,24H,5-12H2,(H,21,27);1H4;2*1H2/t15-,17+,18+;;;/m0.../s1. The second kappa shape index (κ2) is 12.3. The molecule has 3 aliphatic heterocycles. The molecule has 0 aromatic heterocycles. The fraction of sp³-hybridized carbons (Fsp3) is 0.571. The van der Waals surface area contributed by atoms with E-state index in [0.29, 0.717) is 39.3 Å². The van der Waals surface area contributed by atoms with Crippen LogP contribution in [0.3, 0.4) is 0 Å². The van der Waals surface area contributed by atoms with Gasteiger partial charge in [0.25, 0.3) is 0 Å². The number of nitrogens with zero attached hydrogens (tertiary/aromatic N) is 2. The summed E-state index contributed by atoms with van der Waals surface area (Å²) in [4.78, 5) is 41.4. The van der Waals surface area contributed by atoms with Crippen LogP contribution in [-0.2, 0) is 25.5 Å². The maximum absolute atomic E-state index is 13.3. The molecular formula is C21H33N3O6S2. The molecule has 0 unspecified atom stereocenters. The van der Waals surface area contributed by atoms with Crippen LogP contribution in [0.4, 0.5) is 4.79 Å². The minimum absolute atomic E-state index is 0. The van der Waals surface area contributed by atoms with E-state index in [1.165, 1.54) is 0 Å². The third-order valence-electron chi connectivity index (χ3n) is 5.67. The first-order valence-corrected chi connectivity index (χ1v) is 9.89. The number of phenolic OH excluding ortho intramolecular Hbond substituents is 1. The van der Waals surface area contributed by atoms with Crippen molar-refractivity contribution in [2.24, 2.45) is 0 Å². The van der Waals surface area contributed by atoms with Crippen molar-refractivity contribution in [3.63, 3.8) is 0 Å². The van der Waals surface area contributed by atoms with E-state index in [-0.39, 0.29) is 77.0 Å². The number of amides is 3. The van der Waals surface area contributed by atoms with E-state index < -0.39 is 12.1 Å². The molecule has 0 bridgehead atoms. The van der Waals surface area contributed by atoms with Crippen molar-refractivity contribution < 1.29 is 29.0 Å². The molecule has 32 heavy (non-hydrogen) atoms. The van der Waals surface area contributed by atoms with E-state index in [1.54, 1.807) is 34.1 Å². The molecule has 2 N–H and O–H groups in total. The maximum Gasteiger partial charge on any atom is 0.318 e. The smallest absolute Gasteiger partial charge is 0.318 e. The topological polar surface area (TPSA) is 108 Å². The Hall–Kier alpha value is -1.95. The number of morpholine rings is 1. The van der Waals surface area contributed by atoms with E-state index in [4.69, 9.17) is 9.47 Å². The maximum atomic E-state index is 13.3. The summed E-state index contributed by atoms with van der Waals surface area (Å²) < 4.78 is 10.8. The molecule has 3 amide bonds. The summed E-state index contributed by atoms with van der Waals surface area (Å²) >= 11 is 0. The minimum atomic E-state index is -0.818. The fourth-order valence-corrected chi connectivity index (χ4v) is 4.12. The first kappa shape index (κ1) is 28.1. The van der Waals surface area contributed by atoms with Crippen molar-refractivity contribution in [1.29, 1.82) is 0 Å². The van der Waals surface area contributed by atoms with Crippen LogP contribution in [-0.4, -0.2) is 90.3 Å². The first-order chi connectivity index (χ1) is 14.0. The highest BCUT2D eigenvalue weighted by atomic mass is 32.1. The number of urea groups is 1. The number of fused-ring (bicyclic) bond motifs is 1. The molecule has 4 rings (SSSR count). The number of aromatic hydroxyl groups is 1. The Morgan fingerprint density at radius 3 is 2.44 bits per heavy atom. The van der Waals surface area contributed by atoms with Gasteiger partial charge in [-0.3, -0.25) is 9.59 Å². The van der Waals surface area contributed by atoms with Gasteiger partial charge in [0, 0.05) is 26.1 Å². The molecular weight excluding hydrogens is 454 g/mol. The Balaban J connectivity index is 0.00000171. The Labute approximate surface area is 202 Å². The van der Waals surface area contributed by atoms with Gasteiger partial charge in [0.15, 0.2) is 5.78 Å². The van der Waals surface area contributed by atoms with Gasteiger partial charge in [0.1, 0.15) is 24.4 Å². The number of ketones is 1. The number of benzene rings is 1. The third-order valence-corrected chi connectivity index (χ3v) is 5.67. The van der Waals surface area contributed by atoms with Gasteiger partial charge in [-0.15, -0.1) is 0 Å². The molecule has 3 fully saturated rings. The van der Waals surface area contributed by atoms with Crippen molar-refractivity contribution in [2.45, 2.75) is 38.5 Å². The Morgan fingerprint density at radius 2 is 1.78 bits per heavy atom. The first-order valence-electron chi connectivity index (χ1n) is 9.89. The summed E-state index contributed by atoms with van der Waals surface area (Å²) in [7, 11) is 0. The molecule has 180 valence electrons. The number of phenols is 1. The quantitative estimate of drug-likeness (QED) is 0.650. The van der Waals surface area contributed by atoms with Crippen molar-refractivity contribution in [2.75, 3.05) is 39.5 Å². The zero-order valence-electron chi connectivity index (χ0n) is 17.1. The number of likely N-dealkylation sites (tertiary alicyclic amines) is 1. The van der Waals surface area contributed by atoms with Crippen LogP contribution in [0, 0.1) is 0 Å². The Bertz CT molecular complexity index is 788. The van der Waals surface area contributed by atoms with E-state index in [1.807, 2.05) is 0 Å². The lowest BCUT2D eigenvalue weighted by molar-refractivity contribution is -0.138. The van der Waals surface area contributed by atoms with Crippen molar-refractivity contribution in [3.8, 4) is 5.75 Å². The zero-order valence-corrected chi connectivity index (χ0v) is 19.1. The Morgan fingerprint density at radius 1 is 1.12 bits per heavy atom. The lowest BCUT2D eigenvalue weighted by Crippen LogP contribution is -2.56. The van der Waals surface area contributed by atoms with Crippen LogP contribution in [0.25, 0.3) is 0 Å². The summed E-state index contributed by atoms with van der Waals surface area (Å²) in [6.45, 7) is 2.32. The number of Topliss-reactive ketones (excluding diaryl/α,β-unsaturated/α-hetero) is 1. The van der Waals surface area contributed by atoms with Crippen molar-refractivity contribution >= 4 is 44.7 Å². The number of hydrogen-bond donors (Lipinski definition) is 2. The second-order valence-electron chi connectivity index (χ2n) is 7.55. The second-order valence-corrected chi connectivity index (χ2v) is 7.55. The van der Waals surface area contributed by atoms with Crippen LogP contribution in [0.1, 0.15) is 19.4 Å². The van der Waals surface area contributed by atoms with Crippen LogP contribution in [0.2, 0.25) is 0 Å². The van der Waals surface area contributed by atoms with E-state index in [0.717, 1.165) is 5.56 Å². The van der Waals surface area contributed by atoms with Gasteiger partial charge >= 0.3 is 6.03 Å². The molecule has 0 radical (unpaired) electrons. The largest absolute Gasteiger partial charge is 0.508 e. The van der Waals surface area contributed by atoms with Crippen LogP contribution >= 0.6 is 27.0 Å². The molecule has 0 saturated carbocycles. The summed E-state index contributed by atoms with van der Waals surface area (Å²) in [5.74, 6) is -0.250. The zero-order chi connectivity index (χ0) is 20.4. The normalized spacial score (nSPS) is 22.7. The van der Waals surface area contributed by atoms with E-state index >= 15 is 0 Å². The molecule has 0 spiro atoms. The minimum Gasteiger partial charge on any atom is -0.508 e. The predicted octanol–water partition coefficient (Wildman–Crippen LogP) is 0.776. The third kappa shape index (κ3) is 6.09. The van der Waals surface area contributed by atoms with Gasteiger partial charge < -0.3 is 29.7 Å². The van der Waals surface area contributed by atoms with Gasteiger partial charge in [0.2, 0.25) is 5.91 Å². The monoisotopic (exact) mass is 487 g/mol. The van der Waals surface area contributed by atoms with Gasteiger partial charge in [-0.1, -0.05) is 19.6 Å². The van der Waals surface area contributed by atoms with Crippen molar-refractivity contribution in [3.05, 3.63) is 29.8 Å². The van der Waals surface area contributed by atoms with Crippen LogP contribution in [0.15, 0.2) is 24.3 Å². The van der Waals surface area contributed by atoms with Gasteiger partial charge in [-0.25, -0.2) is 4.79 Å². The molecule has 0 aliphatic carbocycles. The molecule has 1 aromatic carbocycles. The number of carbonyl (C=O) groups is 3. The Kier molecular flexibility index (Phi) is 10.8. The number of ether oxygens (including phenoxy) is 2. The van der Waals surface area contributed by atoms with Crippen molar-refractivity contribution in [1.82, 2.24) is 15.1 Å². The lowest BCUT2D eigenvalue weighted by atomic mass is 10.0. The van der Waals surface area contributed by atoms with Gasteiger partial charge in [-0.05, 0) is 24.1 Å². The van der Waals surface area contributed by atoms with E-state index in [2.05, 4.69) is 5.32 Å².